The molecule has 19 heavy (non-hydrogen) atoms. The van der Waals surface area contributed by atoms with Crippen molar-refractivity contribution in [3.8, 4) is 11.1 Å². The molecule has 1 nitrogen and oxygen atoms in total. The summed E-state index contributed by atoms with van der Waals surface area (Å²) in [6.07, 6.45) is 0. The van der Waals surface area contributed by atoms with Gasteiger partial charge in [-0.15, -0.1) is 0 Å². The average molecular weight is 261 g/mol. The van der Waals surface area contributed by atoms with Crippen molar-refractivity contribution in [2.75, 3.05) is 6.54 Å². The third-order valence-electron chi connectivity index (χ3n) is 3.09. The maximum atomic E-state index is 13.2. The highest BCUT2D eigenvalue weighted by Gasteiger charge is 2.07. The van der Waals surface area contributed by atoms with Crippen molar-refractivity contribution in [2.24, 2.45) is 0 Å². The lowest BCUT2D eigenvalue weighted by molar-refractivity contribution is 0.584. The van der Waals surface area contributed by atoms with Gasteiger partial charge in [-0.1, -0.05) is 25.1 Å². The van der Waals surface area contributed by atoms with Gasteiger partial charge in [0.15, 0.2) is 0 Å². The molecule has 1 unspecified atom stereocenters. The van der Waals surface area contributed by atoms with Crippen molar-refractivity contribution in [1.29, 1.82) is 0 Å². The minimum atomic E-state index is -0.555. The first-order chi connectivity index (χ1) is 9.10. The summed E-state index contributed by atoms with van der Waals surface area (Å²) in [5, 5.41) is 3.32. The van der Waals surface area contributed by atoms with Crippen LogP contribution in [0.4, 0.5) is 8.78 Å². The molecule has 0 heterocycles. The van der Waals surface area contributed by atoms with E-state index in [1.54, 1.807) is 0 Å². The molecule has 2 aromatic rings. The van der Waals surface area contributed by atoms with Gasteiger partial charge in [0.1, 0.15) is 11.6 Å². The van der Waals surface area contributed by atoms with Crippen LogP contribution in [0.15, 0.2) is 42.5 Å². The summed E-state index contributed by atoms with van der Waals surface area (Å²) in [5.41, 5.74) is 2.48. The lowest BCUT2D eigenvalue weighted by Gasteiger charge is -2.14. The summed E-state index contributed by atoms with van der Waals surface area (Å²) in [4.78, 5) is 0. The lowest BCUT2D eigenvalue weighted by Crippen LogP contribution is -2.17. The molecule has 0 saturated carbocycles. The van der Waals surface area contributed by atoms with E-state index in [0.717, 1.165) is 23.7 Å². The quantitative estimate of drug-likeness (QED) is 0.865. The molecule has 0 saturated heterocycles. The third kappa shape index (κ3) is 3.38. The Morgan fingerprint density at radius 1 is 1.00 bits per heavy atom. The summed E-state index contributed by atoms with van der Waals surface area (Å²) in [6.45, 7) is 4.98. The van der Waals surface area contributed by atoms with E-state index in [4.69, 9.17) is 0 Å². The number of nitrogens with one attached hydrogen (secondary N) is 1. The van der Waals surface area contributed by atoms with Crippen molar-refractivity contribution in [3.63, 3.8) is 0 Å². The number of halogens is 2. The van der Waals surface area contributed by atoms with Gasteiger partial charge in [-0.25, -0.2) is 8.78 Å². The van der Waals surface area contributed by atoms with Crippen molar-refractivity contribution < 1.29 is 8.78 Å². The molecule has 0 aliphatic rings. The highest BCUT2D eigenvalue weighted by atomic mass is 19.1. The molecule has 0 fully saturated rings. The first kappa shape index (κ1) is 13.7. The Kier molecular flexibility index (Phi) is 4.27. The summed E-state index contributed by atoms with van der Waals surface area (Å²) >= 11 is 0. The van der Waals surface area contributed by atoms with Gasteiger partial charge in [0.2, 0.25) is 0 Å². The van der Waals surface area contributed by atoms with Crippen molar-refractivity contribution in [2.45, 2.75) is 19.9 Å². The van der Waals surface area contributed by atoms with Gasteiger partial charge in [0, 0.05) is 12.1 Å². The molecule has 0 amide bonds. The second-order valence-corrected chi connectivity index (χ2v) is 4.56. The van der Waals surface area contributed by atoms with Crippen molar-refractivity contribution >= 4 is 0 Å². The molecular formula is C16H17F2N. The zero-order valence-electron chi connectivity index (χ0n) is 11.1. The summed E-state index contributed by atoms with van der Waals surface area (Å²) in [5.74, 6) is -1.11. The predicted molar refractivity (Wildman–Crippen MR) is 73.9 cm³/mol. The molecule has 0 aliphatic carbocycles. The fourth-order valence-corrected chi connectivity index (χ4v) is 2.13. The molecule has 0 bridgehead atoms. The first-order valence-electron chi connectivity index (χ1n) is 6.40. The van der Waals surface area contributed by atoms with Gasteiger partial charge in [0.25, 0.3) is 0 Å². The largest absolute Gasteiger partial charge is 0.310 e. The van der Waals surface area contributed by atoms with Gasteiger partial charge in [0.05, 0.1) is 0 Å². The Morgan fingerprint density at radius 2 is 1.68 bits per heavy atom. The molecule has 1 atom stereocenters. The zero-order chi connectivity index (χ0) is 13.8. The van der Waals surface area contributed by atoms with Crippen LogP contribution in [-0.4, -0.2) is 6.54 Å². The second-order valence-electron chi connectivity index (χ2n) is 4.56. The standard InChI is InChI=1S/C16H17F2N/c1-3-19-11(2)12-5-4-6-13(7-12)14-8-15(17)10-16(18)9-14/h4-11,19H,3H2,1-2H3. The monoisotopic (exact) mass is 261 g/mol. The van der Waals surface area contributed by atoms with Crippen molar-refractivity contribution in [3.05, 3.63) is 59.7 Å². The van der Waals surface area contributed by atoms with E-state index in [0.29, 0.717) is 5.56 Å². The number of hydrogen-bond donors (Lipinski definition) is 1. The van der Waals surface area contributed by atoms with Crippen LogP contribution in [0.25, 0.3) is 11.1 Å². The van der Waals surface area contributed by atoms with Crippen LogP contribution in [0.5, 0.6) is 0 Å². The van der Waals surface area contributed by atoms with Gasteiger partial charge in [-0.3, -0.25) is 0 Å². The normalized spacial score (nSPS) is 12.4. The van der Waals surface area contributed by atoms with Gasteiger partial charge >= 0.3 is 0 Å². The third-order valence-corrected chi connectivity index (χ3v) is 3.09. The fourth-order valence-electron chi connectivity index (χ4n) is 2.13. The number of rotatable bonds is 4. The summed E-state index contributed by atoms with van der Waals surface area (Å²) < 4.78 is 26.5. The molecule has 2 rings (SSSR count). The van der Waals surface area contributed by atoms with E-state index >= 15 is 0 Å². The molecule has 0 aliphatic heterocycles. The molecule has 0 aromatic heterocycles. The summed E-state index contributed by atoms with van der Waals surface area (Å²) in [7, 11) is 0. The van der Waals surface area contributed by atoms with E-state index in [1.807, 2.05) is 31.2 Å². The molecular weight excluding hydrogens is 244 g/mol. The topological polar surface area (TPSA) is 12.0 Å². The van der Waals surface area contributed by atoms with E-state index in [2.05, 4.69) is 12.2 Å². The molecule has 0 radical (unpaired) electrons. The SMILES string of the molecule is CCNC(C)c1cccc(-c2cc(F)cc(F)c2)c1. The molecule has 100 valence electrons. The number of benzene rings is 2. The Bertz CT molecular complexity index is 546. The van der Waals surface area contributed by atoms with Crippen LogP contribution in [0.2, 0.25) is 0 Å². The van der Waals surface area contributed by atoms with E-state index in [-0.39, 0.29) is 6.04 Å². The van der Waals surface area contributed by atoms with E-state index in [9.17, 15) is 8.78 Å². The van der Waals surface area contributed by atoms with Crippen LogP contribution in [-0.2, 0) is 0 Å². The summed E-state index contributed by atoms with van der Waals surface area (Å²) in [6, 6.07) is 11.5. The first-order valence-corrected chi connectivity index (χ1v) is 6.40. The van der Waals surface area contributed by atoms with Crippen molar-refractivity contribution in [1.82, 2.24) is 5.32 Å². The molecule has 1 N–H and O–H groups in total. The van der Waals surface area contributed by atoms with Crippen LogP contribution >= 0.6 is 0 Å². The Labute approximate surface area is 112 Å². The molecule has 2 aromatic carbocycles. The average Bonchev–Trinajstić information content (AvgIpc) is 2.38. The lowest BCUT2D eigenvalue weighted by atomic mass is 10.00. The van der Waals surface area contributed by atoms with Crippen LogP contribution in [0.1, 0.15) is 25.5 Å². The predicted octanol–water partition coefficient (Wildman–Crippen LogP) is 4.30. The van der Waals surface area contributed by atoms with Gasteiger partial charge in [-0.2, -0.15) is 0 Å². The molecule has 0 spiro atoms. The van der Waals surface area contributed by atoms with E-state index in [1.165, 1.54) is 12.1 Å². The maximum Gasteiger partial charge on any atom is 0.126 e. The van der Waals surface area contributed by atoms with Crippen LogP contribution in [0, 0.1) is 11.6 Å². The minimum Gasteiger partial charge on any atom is -0.310 e. The zero-order valence-corrected chi connectivity index (χ0v) is 11.1. The minimum absolute atomic E-state index is 0.211. The van der Waals surface area contributed by atoms with Gasteiger partial charge in [-0.05, 0) is 48.4 Å². The highest BCUT2D eigenvalue weighted by Crippen LogP contribution is 2.24. The highest BCUT2D eigenvalue weighted by molar-refractivity contribution is 5.64. The second kappa shape index (κ2) is 5.93. The Balaban J connectivity index is 2.37. The Hall–Kier alpha value is -1.74. The van der Waals surface area contributed by atoms with E-state index < -0.39 is 11.6 Å². The molecule has 3 heteroatoms. The number of hydrogen-bond acceptors (Lipinski definition) is 1. The van der Waals surface area contributed by atoms with Crippen LogP contribution in [0.3, 0.4) is 0 Å². The maximum absolute atomic E-state index is 13.2. The fraction of sp³-hybridized carbons (Fsp3) is 0.250. The van der Waals surface area contributed by atoms with Gasteiger partial charge < -0.3 is 5.32 Å². The smallest absolute Gasteiger partial charge is 0.126 e. The van der Waals surface area contributed by atoms with Crippen LogP contribution < -0.4 is 5.32 Å². The Morgan fingerprint density at radius 3 is 2.32 bits per heavy atom.